The number of hydrogen-bond acceptors (Lipinski definition) is 4. The van der Waals surface area contributed by atoms with Crippen LogP contribution in [0, 0.1) is 5.82 Å². The lowest BCUT2D eigenvalue weighted by Gasteiger charge is -2.35. The van der Waals surface area contributed by atoms with Crippen LogP contribution in [0.1, 0.15) is 22.8 Å². The number of carbonyl (C=O) groups excluding carboxylic acids is 1. The van der Waals surface area contributed by atoms with Gasteiger partial charge in [-0.15, -0.1) is 0 Å². The summed E-state index contributed by atoms with van der Waals surface area (Å²) in [4.78, 5) is 17.1. The fourth-order valence-corrected chi connectivity index (χ4v) is 3.52. The summed E-state index contributed by atoms with van der Waals surface area (Å²) < 4.78 is 24.3. The van der Waals surface area contributed by atoms with Gasteiger partial charge in [0.15, 0.2) is 0 Å². The first kappa shape index (κ1) is 21.6. The Labute approximate surface area is 176 Å². The van der Waals surface area contributed by atoms with Gasteiger partial charge in [-0.05, 0) is 36.8 Å². The zero-order valence-corrected chi connectivity index (χ0v) is 17.3. The Hall–Kier alpha value is -2.15. The second-order valence-electron chi connectivity index (χ2n) is 6.85. The molecule has 1 aliphatic heterocycles. The highest BCUT2D eigenvalue weighted by molar-refractivity contribution is 6.31. The monoisotopic (exact) mass is 420 g/mol. The zero-order valence-electron chi connectivity index (χ0n) is 16.6. The minimum Gasteiger partial charge on any atom is -0.490 e. The van der Waals surface area contributed by atoms with Crippen molar-refractivity contribution in [1.82, 2.24) is 9.80 Å². The molecule has 156 valence electrons. The number of rotatable bonds is 8. The molecule has 1 heterocycles. The summed E-state index contributed by atoms with van der Waals surface area (Å²) in [6.07, 6.45) is 0. The second-order valence-corrected chi connectivity index (χ2v) is 7.25. The number of nitrogens with zero attached hydrogens (tertiary/aromatic N) is 2. The highest BCUT2D eigenvalue weighted by Crippen LogP contribution is 2.22. The zero-order chi connectivity index (χ0) is 20.6. The predicted molar refractivity (Wildman–Crippen MR) is 111 cm³/mol. The van der Waals surface area contributed by atoms with Crippen LogP contribution in [0.3, 0.4) is 0 Å². The van der Waals surface area contributed by atoms with E-state index in [1.165, 1.54) is 12.1 Å². The number of piperazine rings is 1. The third-order valence-corrected chi connectivity index (χ3v) is 5.23. The maximum Gasteiger partial charge on any atom is 0.257 e. The predicted octanol–water partition coefficient (Wildman–Crippen LogP) is 3.85. The van der Waals surface area contributed by atoms with Crippen molar-refractivity contribution in [2.24, 2.45) is 0 Å². The van der Waals surface area contributed by atoms with Crippen LogP contribution in [-0.2, 0) is 11.3 Å². The van der Waals surface area contributed by atoms with Gasteiger partial charge in [0, 0.05) is 44.4 Å². The van der Waals surface area contributed by atoms with Gasteiger partial charge in [0.25, 0.3) is 5.91 Å². The van der Waals surface area contributed by atoms with Gasteiger partial charge in [0.05, 0.1) is 12.2 Å². The molecule has 0 aromatic heterocycles. The standard InChI is InChI=1S/C22H26ClFN2O3/c1-2-28-13-14-29-21-6-4-3-5-19(21)22(27)26-11-9-25(10-12-26)16-17-7-8-18(24)15-20(17)23/h3-8,15H,2,9-14,16H2,1H3. The van der Waals surface area contributed by atoms with Crippen molar-refractivity contribution in [1.29, 1.82) is 0 Å². The normalized spacial score (nSPS) is 14.8. The molecule has 1 amide bonds. The van der Waals surface area contributed by atoms with Crippen molar-refractivity contribution in [2.75, 3.05) is 46.0 Å². The second kappa shape index (κ2) is 10.6. The molecule has 1 aliphatic rings. The van der Waals surface area contributed by atoms with E-state index in [1.54, 1.807) is 12.1 Å². The molecule has 0 atom stereocenters. The summed E-state index contributed by atoms with van der Waals surface area (Å²) >= 11 is 6.13. The van der Waals surface area contributed by atoms with E-state index in [0.29, 0.717) is 55.8 Å². The van der Waals surface area contributed by atoms with E-state index in [0.717, 1.165) is 18.7 Å². The van der Waals surface area contributed by atoms with Crippen molar-refractivity contribution in [3.05, 3.63) is 64.4 Å². The molecule has 3 rings (SSSR count). The van der Waals surface area contributed by atoms with Gasteiger partial charge in [0.2, 0.25) is 0 Å². The lowest BCUT2D eigenvalue weighted by atomic mass is 10.1. The van der Waals surface area contributed by atoms with Gasteiger partial charge in [-0.2, -0.15) is 0 Å². The van der Waals surface area contributed by atoms with E-state index in [4.69, 9.17) is 21.1 Å². The highest BCUT2D eigenvalue weighted by atomic mass is 35.5. The number of para-hydroxylation sites is 1. The minimum absolute atomic E-state index is 0.0310. The maximum absolute atomic E-state index is 13.2. The summed E-state index contributed by atoms with van der Waals surface area (Å²) in [5, 5.41) is 0.432. The van der Waals surface area contributed by atoms with Crippen LogP contribution in [0.15, 0.2) is 42.5 Å². The molecule has 2 aromatic rings. The van der Waals surface area contributed by atoms with Crippen LogP contribution in [0.2, 0.25) is 5.02 Å². The van der Waals surface area contributed by atoms with E-state index in [2.05, 4.69) is 4.90 Å². The lowest BCUT2D eigenvalue weighted by Crippen LogP contribution is -2.48. The van der Waals surface area contributed by atoms with E-state index in [-0.39, 0.29) is 11.7 Å². The first-order valence-corrected chi connectivity index (χ1v) is 10.2. The highest BCUT2D eigenvalue weighted by Gasteiger charge is 2.24. The average Bonchev–Trinajstić information content (AvgIpc) is 2.73. The Morgan fingerprint density at radius 1 is 1.10 bits per heavy atom. The minimum atomic E-state index is -0.337. The Morgan fingerprint density at radius 3 is 2.59 bits per heavy atom. The molecule has 1 saturated heterocycles. The first-order chi connectivity index (χ1) is 14.1. The van der Waals surface area contributed by atoms with Gasteiger partial charge in [-0.1, -0.05) is 29.8 Å². The molecule has 0 bridgehead atoms. The van der Waals surface area contributed by atoms with Gasteiger partial charge < -0.3 is 14.4 Å². The van der Waals surface area contributed by atoms with Crippen LogP contribution < -0.4 is 4.74 Å². The molecule has 0 saturated carbocycles. The number of hydrogen-bond donors (Lipinski definition) is 0. The summed E-state index contributed by atoms with van der Waals surface area (Å²) in [5.41, 5.74) is 1.46. The summed E-state index contributed by atoms with van der Waals surface area (Å²) in [6.45, 7) is 6.79. The molecule has 0 aliphatic carbocycles. The first-order valence-electron chi connectivity index (χ1n) is 9.83. The van der Waals surface area contributed by atoms with Crippen LogP contribution in [0.25, 0.3) is 0 Å². The maximum atomic E-state index is 13.2. The smallest absolute Gasteiger partial charge is 0.257 e. The molecule has 0 radical (unpaired) electrons. The Morgan fingerprint density at radius 2 is 1.86 bits per heavy atom. The summed E-state index contributed by atoms with van der Waals surface area (Å²) in [6, 6.07) is 11.8. The van der Waals surface area contributed by atoms with Gasteiger partial charge in [-0.25, -0.2) is 4.39 Å². The molecule has 5 nitrogen and oxygen atoms in total. The van der Waals surface area contributed by atoms with E-state index >= 15 is 0 Å². The largest absolute Gasteiger partial charge is 0.490 e. The number of halogens is 2. The third-order valence-electron chi connectivity index (χ3n) is 4.88. The van der Waals surface area contributed by atoms with Crippen LogP contribution in [0.4, 0.5) is 4.39 Å². The van der Waals surface area contributed by atoms with Crippen molar-refractivity contribution in [3.8, 4) is 5.75 Å². The lowest BCUT2D eigenvalue weighted by molar-refractivity contribution is 0.0620. The van der Waals surface area contributed by atoms with E-state index < -0.39 is 0 Å². The van der Waals surface area contributed by atoms with E-state index in [1.807, 2.05) is 30.0 Å². The van der Waals surface area contributed by atoms with Crippen LogP contribution in [-0.4, -0.2) is 61.7 Å². The Kier molecular flexibility index (Phi) is 7.86. The Balaban J connectivity index is 1.56. The van der Waals surface area contributed by atoms with Gasteiger partial charge in [0.1, 0.15) is 18.2 Å². The van der Waals surface area contributed by atoms with E-state index in [9.17, 15) is 9.18 Å². The molecule has 0 unspecified atom stereocenters. The number of amides is 1. The summed E-state index contributed by atoms with van der Waals surface area (Å²) in [7, 11) is 0. The topological polar surface area (TPSA) is 42.0 Å². The third kappa shape index (κ3) is 5.92. The van der Waals surface area contributed by atoms with Crippen molar-refractivity contribution < 1.29 is 18.7 Å². The number of carbonyl (C=O) groups is 1. The summed E-state index contributed by atoms with van der Waals surface area (Å²) in [5.74, 6) is 0.213. The quantitative estimate of drug-likeness (QED) is 0.608. The molecular formula is C22H26ClFN2O3. The fraction of sp³-hybridized carbons (Fsp3) is 0.409. The fourth-order valence-electron chi connectivity index (χ4n) is 3.29. The molecule has 7 heteroatoms. The molecule has 0 spiro atoms. The number of benzene rings is 2. The van der Waals surface area contributed by atoms with Crippen LogP contribution in [0.5, 0.6) is 5.75 Å². The Bertz CT molecular complexity index is 825. The number of ether oxygens (including phenoxy) is 2. The molecule has 1 fully saturated rings. The molecule has 29 heavy (non-hydrogen) atoms. The van der Waals surface area contributed by atoms with Crippen molar-refractivity contribution >= 4 is 17.5 Å². The van der Waals surface area contributed by atoms with Gasteiger partial charge in [-0.3, -0.25) is 9.69 Å². The average molecular weight is 421 g/mol. The molecular weight excluding hydrogens is 395 g/mol. The molecule has 0 N–H and O–H groups in total. The molecule has 2 aromatic carbocycles. The van der Waals surface area contributed by atoms with Crippen molar-refractivity contribution in [2.45, 2.75) is 13.5 Å². The van der Waals surface area contributed by atoms with Crippen LogP contribution >= 0.6 is 11.6 Å². The van der Waals surface area contributed by atoms with Gasteiger partial charge >= 0.3 is 0 Å². The van der Waals surface area contributed by atoms with Crippen molar-refractivity contribution in [3.63, 3.8) is 0 Å². The SMILES string of the molecule is CCOCCOc1ccccc1C(=O)N1CCN(Cc2ccc(F)cc2Cl)CC1.